The van der Waals surface area contributed by atoms with Crippen LogP contribution in [-0.4, -0.2) is 25.9 Å². The first-order valence-corrected chi connectivity index (χ1v) is 4.79. The highest BCUT2D eigenvalue weighted by atomic mass is 79.9. The number of hydrogen-bond acceptors (Lipinski definition) is 2. The third-order valence-electron chi connectivity index (χ3n) is 2.11. The number of nitrogens with zero attached hydrogens (tertiary/aromatic N) is 3. The van der Waals surface area contributed by atoms with Gasteiger partial charge in [0.2, 0.25) is 0 Å². The van der Waals surface area contributed by atoms with Crippen molar-refractivity contribution in [3.05, 3.63) is 17.5 Å². The summed E-state index contributed by atoms with van der Waals surface area (Å²) < 4.78 is 26.0. The molecule has 1 aromatic heterocycles. The average Bonchev–Trinajstić information content (AvgIpc) is 2.55. The highest BCUT2D eigenvalue weighted by Crippen LogP contribution is 2.30. The van der Waals surface area contributed by atoms with Gasteiger partial charge in [-0.2, -0.15) is 18.6 Å². The molecule has 15 heavy (non-hydrogen) atoms. The van der Waals surface area contributed by atoms with E-state index in [0.29, 0.717) is 15.9 Å². The van der Waals surface area contributed by atoms with Crippen LogP contribution >= 0.6 is 15.9 Å². The summed E-state index contributed by atoms with van der Waals surface area (Å²) in [6.45, 7) is 0.161. The highest BCUT2D eigenvalue weighted by molar-refractivity contribution is 9.09. The number of fused-ring (bicyclic) bond motifs is 1. The summed E-state index contributed by atoms with van der Waals surface area (Å²) in [5, 5.41) is 12.3. The van der Waals surface area contributed by atoms with Crippen LogP contribution < -0.4 is 0 Å². The molecule has 1 aliphatic rings. The fraction of sp³-hybridized carbons (Fsp3) is 0.429. The van der Waals surface area contributed by atoms with Crippen LogP contribution in [-0.2, 0) is 18.0 Å². The first kappa shape index (κ1) is 10.3. The Hall–Kier alpha value is -1.18. The van der Waals surface area contributed by atoms with Gasteiger partial charge in [-0.25, -0.2) is 4.79 Å². The first-order valence-electron chi connectivity index (χ1n) is 4.00. The molecule has 0 unspecified atom stereocenters. The normalized spacial score (nSPS) is 15.5. The maximum Gasteiger partial charge on any atom is 0.407 e. The molecule has 0 radical (unpaired) electrons. The highest BCUT2D eigenvalue weighted by Gasteiger charge is 2.33. The van der Waals surface area contributed by atoms with Crippen molar-refractivity contribution in [2.45, 2.75) is 18.0 Å². The van der Waals surface area contributed by atoms with Crippen molar-refractivity contribution in [1.82, 2.24) is 14.7 Å². The Morgan fingerprint density at radius 3 is 2.73 bits per heavy atom. The van der Waals surface area contributed by atoms with Gasteiger partial charge in [-0.05, 0) is 0 Å². The molecule has 2 heterocycles. The van der Waals surface area contributed by atoms with E-state index in [0.717, 1.165) is 11.1 Å². The summed E-state index contributed by atoms with van der Waals surface area (Å²) in [6.07, 6.45) is 0.0673. The van der Waals surface area contributed by atoms with Gasteiger partial charge in [-0.3, -0.25) is 4.90 Å². The summed E-state index contributed by atoms with van der Waals surface area (Å²) in [4.78, 5) is 8.46. The second-order valence-corrected chi connectivity index (χ2v) is 4.11. The quantitative estimate of drug-likeness (QED) is 0.799. The zero-order valence-corrected chi connectivity index (χ0v) is 8.91. The number of amides is 1. The Morgan fingerprint density at radius 2 is 2.27 bits per heavy atom. The molecule has 1 N–H and O–H groups in total. The first-order chi connectivity index (χ1) is 6.88. The second-order valence-electron chi connectivity index (χ2n) is 3.15. The smallest absolute Gasteiger partial charge is 0.407 e. The Kier molecular flexibility index (Phi) is 2.18. The minimum atomic E-state index is -3.23. The molecule has 0 saturated heterocycles. The van der Waals surface area contributed by atoms with Crippen molar-refractivity contribution < 1.29 is 18.7 Å². The van der Waals surface area contributed by atoms with Gasteiger partial charge in [-0.15, -0.1) is 0 Å². The Balaban J connectivity index is 2.23. The molecule has 8 heteroatoms. The van der Waals surface area contributed by atoms with Gasteiger partial charge < -0.3 is 5.11 Å². The topological polar surface area (TPSA) is 58.4 Å². The molecule has 0 aliphatic carbocycles. The molecular formula is C7H6BrF2N3O2. The fourth-order valence-electron chi connectivity index (χ4n) is 1.42. The zero-order chi connectivity index (χ0) is 11.2. The van der Waals surface area contributed by atoms with E-state index in [1.165, 1.54) is 0 Å². The molecule has 1 amide bonds. The number of halogens is 3. The molecule has 2 rings (SSSR count). The molecule has 0 fully saturated rings. The number of carboxylic acid groups (broad SMARTS) is 1. The largest absolute Gasteiger partial charge is 0.465 e. The van der Waals surface area contributed by atoms with Crippen molar-refractivity contribution in [3.8, 4) is 0 Å². The molecular weight excluding hydrogens is 276 g/mol. The van der Waals surface area contributed by atoms with E-state index in [1.807, 2.05) is 0 Å². The molecule has 0 spiro atoms. The number of hydrogen-bond donors (Lipinski definition) is 1. The lowest BCUT2D eigenvalue weighted by molar-refractivity contribution is 0.0190. The monoisotopic (exact) mass is 281 g/mol. The van der Waals surface area contributed by atoms with Gasteiger partial charge in [-0.1, -0.05) is 0 Å². The Morgan fingerprint density at radius 1 is 1.60 bits per heavy atom. The molecule has 0 aromatic carbocycles. The minimum Gasteiger partial charge on any atom is -0.465 e. The Bertz CT molecular complexity index is 391. The molecule has 0 bridgehead atoms. The van der Waals surface area contributed by atoms with Crippen LogP contribution in [0.4, 0.5) is 13.6 Å². The lowest BCUT2D eigenvalue weighted by Gasteiger charge is -2.11. The number of rotatable bonds is 1. The standard InChI is InChI=1S/C7H6BrF2N3O2/c8-7(9,10)13-2-4-1-12(6(14)15)3-5(4)11-13/h2H,1,3H2,(H,14,15). The predicted molar refractivity (Wildman–Crippen MR) is 48.6 cm³/mol. The summed E-state index contributed by atoms with van der Waals surface area (Å²) >= 11 is 2.17. The third kappa shape index (κ3) is 1.81. The maximum absolute atomic E-state index is 12.8. The van der Waals surface area contributed by atoms with Crippen molar-refractivity contribution in [3.63, 3.8) is 0 Å². The molecule has 1 aliphatic heterocycles. The van der Waals surface area contributed by atoms with E-state index in [4.69, 9.17) is 5.11 Å². The molecule has 5 nitrogen and oxygen atoms in total. The van der Waals surface area contributed by atoms with Crippen LogP contribution in [0.2, 0.25) is 0 Å². The van der Waals surface area contributed by atoms with Gasteiger partial charge >= 0.3 is 11.0 Å². The van der Waals surface area contributed by atoms with E-state index < -0.39 is 11.0 Å². The van der Waals surface area contributed by atoms with Crippen molar-refractivity contribution >= 4 is 22.0 Å². The summed E-state index contributed by atoms with van der Waals surface area (Å²) in [5.74, 6) is 0. The van der Waals surface area contributed by atoms with Crippen molar-refractivity contribution in [2.24, 2.45) is 0 Å². The van der Waals surface area contributed by atoms with Crippen molar-refractivity contribution in [1.29, 1.82) is 0 Å². The minimum absolute atomic E-state index is 0.0563. The van der Waals surface area contributed by atoms with Crippen LogP contribution in [0, 0.1) is 0 Å². The number of aromatic nitrogens is 2. The lowest BCUT2D eigenvalue weighted by Crippen LogP contribution is -2.24. The van der Waals surface area contributed by atoms with Crippen LogP contribution in [0.1, 0.15) is 11.3 Å². The summed E-state index contributed by atoms with van der Waals surface area (Å²) in [6, 6.07) is 0. The van der Waals surface area contributed by atoms with E-state index in [9.17, 15) is 13.6 Å². The van der Waals surface area contributed by atoms with Crippen LogP contribution in [0.25, 0.3) is 0 Å². The van der Waals surface area contributed by atoms with Crippen LogP contribution in [0.3, 0.4) is 0 Å². The van der Waals surface area contributed by atoms with Crippen LogP contribution in [0.5, 0.6) is 0 Å². The van der Waals surface area contributed by atoms with Crippen LogP contribution in [0.15, 0.2) is 6.20 Å². The average molecular weight is 282 g/mol. The van der Waals surface area contributed by atoms with E-state index in [-0.39, 0.29) is 13.1 Å². The predicted octanol–water partition coefficient (Wildman–Crippen LogP) is 1.78. The maximum atomic E-state index is 12.8. The van der Waals surface area contributed by atoms with Crippen molar-refractivity contribution in [2.75, 3.05) is 0 Å². The van der Waals surface area contributed by atoms with Gasteiger partial charge in [0.25, 0.3) is 0 Å². The number of carbonyl (C=O) groups is 1. The SMILES string of the molecule is O=C(O)N1Cc2cn(C(F)(F)Br)nc2C1. The van der Waals surface area contributed by atoms with E-state index in [2.05, 4.69) is 21.0 Å². The zero-order valence-electron chi connectivity index (χ0n) is 7.32. The molecule has 1 aromatic rings. The number of alkyl halides is 3. The lowest BCUT2D eigenvalue weighted by atomic mass is 10.3. The molecule has 82 valence electrons. The Labute approximate surface area is 91.4 Å². The van der Waals surface area contributed by atoms with Gasteiger partial charge in [0.15, 0.2) is 0 Å². The van der Waals surface area contributed by atoms with Gasteiger partial charge in [0.05, 0.1) is 18.8 Å². The van der Waals surface area contributed by atoms with E-state index in [1.54, 1.807) is 0 Å². The summed E-state index contributed by atoms with van der Waals surface area (Å²) in [5.41, 5.74) is 0.882. The van der Waals surface area contributed by atoms with Gasteiger partial charge in [0, 0.05) is 27.7 Å². The molecule has 0 atom stereocenters. The second kappa shape index (κ2) is 3.16. The molecule has 0 saturated carbocycles. The fourth-order valence-corrected chi connectivity index (χ4v) is 1.60. The summed E-state index contributed by atoms with van der Waals surface area (Å²) in [7, 11) is 0. The third-order valence-corrected chi connectivity index (χ3v) is 2.47. The van der Waals surface area contributed by atoms with E-state index >= 15 is 0 Å². The van der Waals surface area contributed by atoms with Gasteiger partial charge in [0.1, 0.15) is 0 Å².